The monoisotopic (exact) mass is 398 g/mol. The Morgan fingerprint density at radius 1 is 1.15 bits per heavy atom. The lowest BCUT2D eigenvalue weighted by atomic mass is 9.75. The first-order valence-corrected chi connectivity index (χ1v) is 10.8. The van der Waals surface area contributed by atoms with Gasteiger partial charge in [0.25, 0.3) is 0 Å². The highest BCUT2D eigenvalue weighted by Crippen LogP contribution is 2.37. The Morgan fingerprint density at radius 2 is 1.70 bits per heavy atom. The van der Waals surface area contributed by atoms with Crippen molar-refractivity contribution < 1.29 is 21.6 Å². The van der Waals surface area contributed by atoms with Gasteiger partial charge in [0.05, 0.1) is 11.2 Å². The fourth-order valence-corrected chi connectivity index (χ4v) is 4.08. The SMILES string of the molecule is Cc1c(B2OC(C)(C)C(C)(C)O2)cc(CS(=O)(=O)F)cc1N1CCNCC1. The molecule has 0 amide bonds. The predicted molar refractivity (Wildman–Crippen MR) is 106 cm³/mol. The second-order valence-corrected chi connectivity index (χ2v) is 9.70. The topological polar surface area (TPSA) is 67.9 Å². The zero-order valence-corrected chi connectivity index (χ0v) is 17.5. The molecule has 0 aliphatic carbocycles. The van der Waals surface area contributed by atoms with Crippen LogP contribution in [0, 0.1) is 6.92 Å². The molecule has 0 unspecified atom stereocenters. The van der Waals surface area contributed by atoms with Crippen LogP contribution in [0.25, 0.3) is 0 Å². The van der Waals surface area contributed by atoms with Gasteiger partial charge in [0, 0.05) is 31.9 Å². The Hall–Kier alpha value is -1.16. The average molecular weight is 398 g/mol. The first-order valence-electron chi connectivity index (χ1n) is 9.27. The van der Waals surface area contributed by atoms with E-state index in [0.717, 1.165) is 42.9 Å². The van der Waals surface area contributed by atoms with Gasteiger partial charge in [0.15, 0.2) is 0 Å². The van der Waals surface area contributed by atoms with Crippen LogP contribution in [0.15, 0.2) is 12.1 Å². The number of nitrogens with zero attached hydrogens (tertiary/aromatic N) is 1. The molecule has 0 spiro atoms. The summed E-state index contributed by atoms with van der Waals surface area (Å²) in [6.45, 7) is 13.1. The summed E-state index contributed by atoms with van der Waals surface area (Å²) < 4.78 is 48.2. The molecular weight excluding hydrogens is 370 g/mol. The van der Waals surface area contributed by atoms with Crippen molar-refractivity contribution in [2.45, 2.75) is 51.6 Å². The van der Waals surface area contributed by atoms with Crippen molar-refractivity contribution in [3.8, 4) is 0 Å². The molecular formula is C18H28BFN2O4S. The normalized spacial score (nSPS) is 22.3. The minimum Gasteiger partial charge on any atom is -0.399 e. The van der Waals surface area contributed by atoms with Gasteiger partial charge < -0.3 is 19.5 Å². The number of anilines is 1. The Balaban J connectivity index is 2.05. The molecule has 0 bridgehead atoms. The van der Waals surface area contributed by atoms with E-state index >= 15 is 0 Å². The Labute approximate surface area is 161 Å². The maximum Gasteiger partial charge on any atom is 0.495 e. The molecule has 3 rings (SSSR count). The average Bonchev–Trinajstić information content (AvgIpc) is 2.76. The van der Waals surface area contributed by atoms with E-state index in [2.05, 4.69) is 10.2 Å². The molecule has 1 aromatic carbocycles. The van der Waals surface area contributed by atoms with E-state index in [4.69, 9.17) is 9.31 Å². The number of piperazine rings is 1. The second kappa shape index (κ2) is 7.02. The van der Waals surface area contributed by atoms with E-state index in [0.29, 0.717) is 5.56 Å². The van der Waals surface area contributed by atoms with E-state index < -0.39 is 34.3 Å². The van der Waals surface area contributed by atoms with Crippen molar-refractivity contribution in [1.82, 2.24) is 5.32 Å². The lowest BCUT2D eigenvalue weighted by Gasteiger charge is -2.32. The molecule has 1 aromatic rings. The third-order valence-corrected chi connectivity index (χ3v) is 6.46. The van der Waals surface area contributed by atoms with Crippen LogP contribution in [0.2, 0.25) is 0 Å². The van der Waals surface area contributed by atoms with Crippen LogP contribution in [-0.4, -0.2) is 52.9 Å². The van der Waals surface area contributed by atoms with Gasteiger partial charge in [0.2, 0.25) is 0 Å². The van der Waals surface area contributed by atoms with Crippen LogP contribution in [0.4, 0.5) is 9.57 Å². The zero-order valence-electron chi connectivity index (χ0n) is 16.6. The van der Waals surface area contributed by atoms with E-state index in [1.54, 1.807) is 12.1 Å². The molecule has 0 aromatic heterocycles. The standard InChI is InChI=1S/C18H28BFN2O4S/c1-13-15(19-25-17(2,3)18(4,5)26-19)10-14(12-27(20,23)24)11-16(13)22-8-6-21-7-9-22/h10-11,21H,6-9,12H2,1-5H3. The highest BCUT2D eigenvalue weighted by Gasteiger charge is 2.52. The summed E-state index contributed by atoms with van der Waals surface area (Å²) in [6, 6.07) is 3.47. The van der Waals surface area contributed by atoms with Crippen LogP contribution >= 0.6 is 0 Å². The van der Waals surface area contributed by atoms with Crippen molar-refractivity contribution in [2.75, 3.05) is 31.1 Å². The Kier molecular flexibility index (Phi) is 5.35. The molecule has 9 heteroatoms. The second-order valence-electron chi connectivity index (χ2n) is 8.34. The van der Waals surface area contributed by atoms with Gasteiger partial charge >= 0.3 is 17.3 Å². The van der Waals surface area contributed by atoms with Crippen molar-refractivity contribution >= 4 is 28.5 Å². The van der Waals surface area contributed by atoms with Crippen LogP contribution in [0.1, 0.15) is 38.8 Å². The molecule has 0 saturated carbocycles. The number of nitrogens with one attached hydrogen (secondary N) is 1. The molecule has 150 valence electrons. The first kappa shape index (κ1) is 20.6. The van der Waals surface area contributed by atoms with Crippen molar-refractivity contribution in [3.63, 3.8) is 0 Å². The minimum absolute atomic E-state index is 0.404. The van der Waals surface area contributed by atoms with E-state index in [-0.39, 0.29) is 0 Å². The number of hydrogen-bond acceptors (Lipinski definition) is 6. The quantitative estimate of drug-likeness (QED) is 0.613. The summed E-state index contributed by atoms with van der Waals surface area (Å²) in [4.78, 5) is 2.19. The molecule has 2 aliphatic rings. The van der Waals surface area contributed by atoms with Gasteiger partial charge in [-0.25, -0.2) is 0 Å². The molecule has 1 N–H and O–H groups in total. The Morgan fingerprint density at radius 3 is 2.22 bits per heavy atom. The lowest BCUT2D eigenvalue weighted by Crippen LogP contribution is -2.45. The summed E-state index contributed by atoms with van der Waals surface area (Å²) in [5.74, 6) is -0.654. The Bertz CT molecular complexity index is 807. The highest BCUT2D eigenvalue weighted by atomic mass is 32.3. The molecule has 2 aliphatic heterocycles. The van der Waals surface area contributed by atoms with Gasteiger partial charge in [-0.2, -0.15) is 8.42 Å². The van der Waals surface area contributed by atoms with E-state index in [1.807, 2.05) is 34.6 Å². The number of rotatable bonds is 4. The van der Waals surface area contributed by atoms with Gasteiger partial charge in [-0.15, -0.1) is 3.89 Å². The van der Waals surface area contributed by atoms with Crippen LogP contribution < -0.4 is 15.7 Å². The van der Waals surface area contributed by atoms with E-state index in [9.17, 15) is 12.3 Å². The zero-order chi connectivity index (χ0) is 20.0. The summed E-state index contributed by atoms with van der Waals surface area (Å²) in [5.41, 5.74) is 2.01. The fraction of sp³-hybridized carbons (Fsp3) is 0.667. The smallest absolute Gasteiger partial charge is 0.399 e. The van der Waals surface area contributed by atoms with Crippen molar-refractivity contribution in [3.05, 3.63) is 23.3 Å². The fourth-order valence-electron chi connectivity index (χ4n) is 3.51. The van der Waals surface area contributed by atoms with Crippen LogP contribution in [-0.2, 0) is 25.3 Å². The van der Waals surface area contributed by atoms with Gasteiger partial charge in [-0.1, -0.05) is 6.07 Å². The summed E-state index contributed by atoms with van der Waals surface area (Å²) in [5, 5.41) is 3.30. The van der Waals surface area contributed by atoms with Crippen molar-refractivity contribution in [2.24, 2.45) is 0 Å². The number of hydrogen-bond donors (Lipinski definition) is 1. The molecule has 2 saturated heterocycles. The van der Waals surface area contributed by atoms with Gasteiger partial charge in [-0.3, -0.25) is 0 Å². The van der Waals surface area contributed by atoms with Crippen molar-refractivity contribution in [1.29, 1.82) is 0 Å². The molecule has 0 radical (unpaired) electrons. The minimum atomic E-state index is -4.64. The number of benzene rings is 1. The lowest BCUT2D eigenvalue weighted by molar-refractivity contribution is 0.00578. The molecule has 0 atom stereocenters. The summed E-state index contributed by atoms with van der Waals surface area (Å²) in [6.07, 6.45) is 0. The highest BCUT2D eigenvalue weighted by molar-refractivity contribution is 7.85. The molecule has 2 fully saturated rings. The predicted octanol–water partition coefficient (Wildman–Crippen LogP) is 1.50. The third kappa shape index (κ3) is 4.31. The first-order chi connectivity index (χ1) is 12.4. The number of halogens is 1. The third-order valence-electron chi connectivity index (χ3n) is 5.78. The maximum atomic E-state index is 13.4. The van der Waals surface area contributed by atoms with Gasteiger partial charge in [-0.05, 0) is 57.3 Å². The van der Waals surface area contributed by atoms with Gasteiger partial charge in [0.1, 0.15) is 5.75 Å². The van der Waals surface area contributed by atoms with Crippen LogP contribution in [0.5, 0.6) is 0 Å². The van der Waals surface area contributed by atoms with E-state index in [1.165, 1.54) is 0 Å². The molecule has 27 heavy (non-hydrogen) atoms. The largest absolute Gasteiger partial charge is 0.495 e. The molecule has 2 heterocycles. The molecule has 6 nitrogen and oxygen atoms in total. The summed E-state index contributed by atoms with van der Waals surface area (Å²) in [7, 11) is -5.26. The van der Waals surface area contributed by atoms with Crippen LogP contribution in [0.3, 0.4) is 0 Å². The maximum absolute atomic E-state index is 13.4. The summed E-state index contributed by atoms with van der Waals surface area (Å²) >= 11 is 0.